The predicted molar refractivity (Wildman–Crippen MR) is 183 cm³/mol. The van der Waals surface area contributed by atoms with E-state index >= 15 is 0 Å². The highest BCUT2D eigenvalue weighted by molar-refractivity contribution is 7.99. The monoisotopic (exact) mass is 659 g/mol. The highest BCUT2D eigenvalue weighted by Crippen LogP contribution is 2.31. The van der Waals surface area contributed by atoms with Crippen LogP contribution in [0.4, 0.5) is 5.69 Å². The molecule has 1 amide bonds. The molecule has 0 N–H and O–H groups in total. The number of para-hydroxylation sites is 4. The van der Waals surface area contributed by atoms with E-state index in [0.29, 0.717) is 63.6 Å². The summed E-state index contributed by atoms with van der Waals surface area (Å²) in [5.74, 6) is 1.48. The number of hydrogen-bond acceptors (Lipinski definition) is 9. The fourth-order valence-corrected chi connectivity index (χ4v) is 7.70. The topological polar surface area (TPSA) is 81.8 Å². The van der Waals surface area contributed by atoms with Gasteiger partial charge in [-0.05, 0) is 48.5 Å². The molecule has 12 heteroatoms. The van der Waals surface area contributed by atoms with Gasteiger partial charge in [-0.3, -0.25) is 14.2 Å². The number of hydrogen-bond donors (Lipinski definition) is 0. The summed E-state index contributed by atoms with van der Waals surface area (Å²) in [6.45, 7) is 3.17. The van der Waals surface area contributed by atoms with Gasteiger partial charge in [0.05, 0.1) is 31.3 Å². The molecule has 5 aromatic rings. The van der Waals surface area contributed by atoms with Crippen LogP contribution in [0, 0.1) is 3.95 Å². The largest absolute Gasteiger partial charge is 0.495 e. The van der Waals surface area contributed by atoms with Crippen molar-refractivity contribution in [1.82, 2.24) is 19.0 Å². The zero-order chi connectivity index (χ0) is 31.3. The third kappa shape index (κ3) is 6.49. The fraction of sp³-hybridized carbons (Fsp3) is 0.273. The Labute approximate surface area is 274 Å². The first kappa shape index (κ1) is 30.9. The maximum Gasteiger partial charge on any atom is 0.278 e. The van der Waals surface area contributed by atoms with Crippen LogP contribution < -0.4 is 19.9 Å². The van der Waals surface area contributed by atoms with E-state index in [1.807, 2.05) is 70.1 Å². The molecule has 232 valence electrons. The number of carbonyl (C=O) groups excluding carboxylic acids is 1. The SMILES string of the molecule is COc1ccccc1N1CCN(C(=O)CSc2nc3c(sc(=S)n3CCc3ccccc3)c(=O)n2-c2ccccc2OC)CC1. The van der Waals surface area contributed by atoms with Crippen LogP contribution in [0.3, 0.4) is 0 Å². The smallest absolute Gasteiger partial charge is 0.278 e. The number of anilines is 1. The van der Waals surface area contributed by atoms with Crippen LogP contribution in [0.2, 0.25) is 0 Å². The minimum atomic E-state index is -0.237. The Bertz CT molecular complexity index is 1930. The van der Waals surface area contributed by atoms with E-state index in [4.69, 9.17) is 26.7 Å². The molecule has 3 heterocycles. The van der Waals surface area contributed by atoms with Gasteiger partial charge in [0, 0.05) is 32.7 Å². The van der Waals surface area contributed by atoms with Crippen molar-refractivity contribution in [3.05, 3.63) is 98.7 Å². The lowest BCUT2D eigenvalue weighted by Gasteiger charge is -2.36. The molecular formula is C33H33N5O4S3. The molecule has 2 aromatic heterocycles. The zero-order valence-electron chi connectivity index (χ0n) is 25.0. The molecule has 0 saturated carbocycles. The van der Waals surface area contributed by atoms with Gasteiger partial charge < -0.3 is 23.8 Å². The number of rotatable bonds is 10. The highest BCUT2D eigenvalue weighted by atomic mass is 32.2. The van der Waals surface area contributed by atoms with Crippen LogP contribution in [0.15, 0.2) is 88.8 Å². The van der Waals surface area contributed by atoms with Crippen molar-refractivity contribution in [1.29, 1.82) is 0 Å². The van der Waals surface area contributed by atoms with E-state index in [9.17, 15) is 9.59 Å². The summed E-state index contributed by atoms with van der Waals surface area (Å²) in [7, 11) is 3.24. The molecule has 1 fully saturated rings. The fourth-order valence-electron chi connectivity index (χ4n) is 5.49. The summed E-state index contributed by atoms with van der Waals surface area (Å²) in [4.78, 5) is 36.7. The Kier molecular flexibility index (Phi) is 9.53. The minimum absolute atomic E-state index is 0.00756. The number of amides is 1. The normalized spacial score (nSPS) is 13.3. The second-order valence-electron chi connectivity index (χ2n) is 10.4. The van der Waals surface area contributed by atoms with Crippen molar-refractivity contribution in [2.75, 3.05) is 51.1 Å². The van der Waals surface area contributed by atoms with E-state index in [0.717, 1.165) is 17.9 Å². The molecule has 0 spiro atoms. The molecule has 1 saturated heterocycles. The first-order valence-corrected chi connectivity index (χ1v) is 16.8. The molecule has 0 aliphatic carbocycles. The lowest BCUT2D eigenvalue weighted by atomic mass is 10.1. The van der Waals surface area contributed by atoms with E-state index in [-0.39, 0.29) is 17.2 Å². The van der Waals surface area contributed by atoms with Crippen molar-refractivity contribution in [2.45, 2.75) is 18.1 Å². The Morgan fingerprint density at radius 2 is 1.51 bits per heavy atom. The van der Waals surface area contributed by atoms with Gasteiger partial charge in [0.1, 0.15) is 16.2 Å². The standard InChI is InChI=1S/C33H33N5O4S3/c1-41-26-14-8-6-12-24(26)35-18-20-36(21-19-35)28(39)22-44-32-34-30-29(31(40)38(32)25-13-7-9-15-27(25)42-2)45-33(43)37(30)17-16-23-10-4-3-5-11-23/h3-15H,16-22H2,1-2H3. The van der Waals surface area contributed by atoms with Crippen molar-refractivity contribution >= 4 is 57.3 Å². The van der Waals surface area contributed by atoms with E-state index in [1.165, 1.54) is 28.7 Å². The van der Waals surface area contributed by atoms with Crippen molar-refractivity contribution in [3.63, 3.8) is 0 Å². The molecule has 0 unspecified atom stereocenters. The minimum Gasteiger partial charge on any atom is -0.495 e. The van der Waals surface area contributed by atoms with Gasteiger partial charge >= 0.3 is 0 Å². The lowest BCUT2D eigenvalue weighted by Crippen LogP contribution is -2.49. The third-order valence-electron chi connectivity index (χ3n) is 7.83. The number of carbonyl (C=O) groups is 1. The van der Waals surface area contributed by atoms with Gasteiger partial charge in [-0.1, -0.05) is 77.7 Å². The first-order chi connectivity index (χ1) is 22.0. The van der Waals surface area contributed by atoms with Gasteiger partial charge in [-0.2, -0.15) is 0 Å². The summed E-state index contributed by atoms with van der Waals surface area (Å²) in [5.41, 5.74) is 3.07. The van der Waals surface area contributed by atoms with Gasteiger partial charge in [0.15, 0.2) is 14.8 Å². The van der Waals surface area contributed by atoms with Crippen molar-refractivity contribution in [3.8, 4) is 17.2 Å². The summed E-state index contributed by atoms with van der Waals surface area (Å²) >= 11 is 8.24. The molecule has 0 bridgehead atoms. The molecule has 9 nitrogen and oxygen atoms in total. The number of benzene rings is 3. The Hall–Kier alpha value is -4.13. The predicted octanol–water partition coefficient (Wildman–Crippen LogP) is 5.68. The molecule has 45 heavy (non-hydrogen) atoms. The molecule has 1 aliphatic rings. The number of thiazole rings is 1. The second-order valence-corrected chi connectivity index (χ2v) is 13.0. The van der Waals surface area contributed by atoms with Crippen LogP contribution in [-0.4, -0.2) is 71.1 Å². The zero-order valence-corrected chi connectivity index (χ0v) is 27.5. The molecule has 1 aliphatic heterocycles. The van der Waals surface area contributed by atoms with Crippen molar-refractivity contribution in [2.24, 2.45) is 0 Å². The molecule has 3 aromatic carbocycles. The number of thioether (sulfide) groups is 1. The average Bonchev–Trinajstić information content (AvgIpc) is 3.41. The Morgan fingerprint density at radius 3 is 2.20 bits per heavy atom. The van der Waals surface area contributed by atoms with Gasteiger partial charge in [-0.15, -0.1) is 0 Å². The van der Waals surface area contributed by atoms with Crippen LogP contribution in [0.1, 0.15) is 5.56 Å². The average molecular weight is 660 g/mol. The molecule has 0 atom stereocenters. The Balaban J connectivity index is 1.28. The van der Waals surface area contributed by atoms with Crippen LogP contribution >= 0.6 is 35.3 Å². The quantitative estimate of drug-likeness (QED) is 0.108. The van der Waals surface area contributed by atoms with Gasteiger partial charge in [0.25, 0.3) is 5.56 Å². The lowest BCUT2D eigenvalue weighted by molar-refractivity contribution is -0.128. The summed E-state index contributed by atoms with van der Waals surface area (Å²) in [6, 6.07) is 25.4. The molecule has 6 rings (SSSR count). The number of aryl methyl sites for hydroxylation is 2. The van der Waals surface area contributed by atoms with E-state index in [2.05, 4.69) is 17.0 Å². The van der Waals surface area contributed by atoms with E-state index in [1.54, 1.807) is 24.9 Å². The number of methoxy groups -OCH3 is 2. The summed E-state index contributed by atoms with van der Waals surface area (Å²) < 4.78 is 15.7. The highest BCUT2D eigenvalue weighted by Gasteiger charge is 2.25. The maximum absolute atomic E-state index is 14.1. The number of ether oxygens (including phenoxy) is 2. The second kappa shape index (κ2) is 13.9. The number of piperazine rings is 1. The molecular weight excluding hydrogens is 627 g/mol. The number of fused-ring (bicyclic) bond motifs is 1. The number of aromatic nitrogens is 3. The van der Waals surface area contributed by atoms with Crippen molar-refractivity contribution < 1.29 is 14.3 Å². The van der Waals surface area contributed by atoms with E-state index < -0.39 is 0 Å². The van der Waals surface area contributed by atoms with Gasteiger partial charge in [-0.25, -0.2) is 4.98 Å². The maximum atomic E-state index is 14.1. The third-order valence-corrected chi connectivity index (χ3v) is 10.2. The van der Waals surface area contributed by atoms with Crippen LogP contribution in [0.25, 0.3) is 16.0 Å². The molecule has 0 radical (unpaired) electrons. The summed E-state index contributed by atoms with van der Waals surface area (Å²) in [5, 5.41) is 0.416. The van der Waals surface area contributed by atoms with Crippen LogP contribution in [0.5, 0.6) is 11.5 Å². The summed E-state index contributed by atoms with van der Waals surface area (Å²) in [6.07, 6.45) is 0.750. The Morgan fingerprint density at radius 1 is 0.889 bits per heavy atom. The first-order valence-electron chi connectivity index (χ1n) is 14.6. The number of nitrogens with zero attached hydrogens (tertiary/aromatic N) is 5. The van der Waals surface area contributed by atoms with Gasteiger partial charge in [0.2, 0.25) is 5.91 Å². The van der Waals surface area contributed by atoms with Crippen LogP contribution in [-0.2, 0) is 17.8 Å².